The molecule has 110 valence electrons. The number of rotatable bonds is 2. The topological polar surface area (TPSA) is 76.5 Å². The summed E-state index contributed by atoms with van der Waals surface area (Å²) >= 11 is 5.87. The van der Waals surface area contributed by atoms with Gasteiger partial charge in [-0.2, -0.15) is 0 Å². The molecular weight excluding hydrogens is 299 g/mol. The Morgan fingerprint density at radius 3 is 2.86 bits per heavy atom. The summed E-state index contributed by atoms with van der Waals surface area (Å²) in [7, 11) is 0. The molecule has 1 aliphatic heterocycles. The van der Waals surface area contributed by atoms with Crippen LogP contribution in [-0.4, -0.2) is 35.5 Å². The lowest BCUT2D eigenvalue weighted by Gasteiger charge is -2.20. The number of halogens is 2. The van der Waals surface area contributed by atoms with E-state index in [0.29, 0.717) is 16.0 Å². The minimum atomic E-state index is -1.26. The van der Waals surface area contributed by atoms with E-state index in [9.17, 15) is 14.0 Å². The second-order valence-corrected chi connectivity index (χ2v) is 5.44. The van der Waals surface area contributed by atoms with Gasteiger partial charge in [0.25, 0.3) is 5.91 Å². The van der Waals surface area contributed by atoms with E-state index >= 15 is 0 Å². The number of primary amides is 1. The van der Waals surface area contributed by atoms with Crippen LogP contribution >= 0.6 is 11.6 Å². The van der Waals surface area contributed by atoms with E-state index in [1.807, 2.05) is 0 Å². The minimum Gasteiger partial charge on any atom is -0.451 e. The molecule has 2 atom stereocenters. The SMILES string of the molecule is NC(=O)[C@@H]1C[C@@H](F)CN1C(=O)c1cc2cc(Cl)ccc2o1. The summed E-state index contributed by atoms with van der Waals surface area (Å²) in [6.07, 6.45) is -1.34. The maximum absolute atomic E-state index is 13.5. The Balaban J connectivity index is 1.94. The van der Waals surface area contributed by atoms with Crippen LogP contribution in [0.5, 0.6) is 0 Å². The lowest BCUT2D eigenvalue weighted by atomic mass is 10.2. The van der Waals surface area contributed by atoms with Gasteiger partial charge in [0.1, 0.15) is 17.8 Å². The fraction of sp³-hybridized carbons (Fsp3) is 0.286. The van der Waals surface area contributed by atoms with E-state index in [1.54, 1.807) is 18.2 Å². The van der Waals surface area contributed by atoms with Crippen molar-refractivity contribution in [1.82, 2.24) is 4.90 Å². The first-order valence-electron chi connectivity index (χ1n) is 6.39. The van der Waals surface area contributed by atoms with Crippen LogP contribution < -0.4 is 5.73 Å². The average molecular weight is 311 g/mol. The summed E-state index contributed by atoms with van der Waals surface area (Å²) in [4.78, 5) is 24.8. The Kier molecular flexibility index (Phi) is 3.33. The van der Waals surface area contributed by atoms with Crippen molar-refractivity contribution in [3.05, 3.63) is 35.0 Å². The summed E-state index contributed by atoms with van der Waals surface area (Å²) in [5.41, 5.74) is 5.71. The molecule has 0 aliphatic carbocycles. The zero-order valence-corrected chi connectivity index (χ0v) is 11.6. The highest BCUT2D eigenvalue weighted by Crippen LogP contribution is 2.27. The van der Waals surface area contributed by atoms with Crippen LogP contribution in [0.2, 0.25) is 5.02 Å². The lowest BCUT2D eigenvalue weighted by molar-refractivity contribution is -0.121. The number of fused-ring (bicyclic) bond motifs is 1. The molecule has 0 spiro atoms. The van der Waals surface area contributed by atoms with Crippen molar-refractivity contribution in [3.8, 4) is 0 Å². The number of nitrogens with two attached hydrogens (primary N) is 1. The fourth-order valence-electron chi connectivity index (χ4n) is 2.54. The average Bonchev–Trinajstić information content (AvgIpc) is 3.00. The molecule has 7 heteroatoms. The first-order valence-corrected chi connectivity index (χ1v) is 6.77. The Hall–Kier alpha value is -2.08. The molecule has 0 bridgehead atoms. The van der Waals surface area contributed by atoms with Crippen molar-refractivity contribution >= 4 is 34.4 Å². The van der Waals surface area contributed by atoms with Crippen molar-refractivity contribution in [2.24, 2.45) is 5.73 Å². The highest BCUT2D eigenvalue weighted by molar-refractivity contribution is 6.31. The van der Waals surface area contributed by atoms with E-state index in [4.69, 9.17) is 21.8 Å². The van der Waals surface area contributed by atoms with Crippen LogP contribution in [0.4, 0.5) is 4.39 Å². The maximum atomic E-state index is 13.5. The molecule has 2 N–H and O–H groups in total. The standard InChI is InChI=1S/C14H12ClFN2O3/c15-8-1-2-11-7(3-8)4-12(21-11)14(20)18-6-9(16)5-10(18)13(17)19/h1-4,9-10H,5-6H2,(H2,17,19)/t9-,10+/m1/s1. The number of furan rings is 1. The van der Waals surface area contributed by atoms with Gasteiger partial charge in [0.05, 0.1) is 6.54 Å². The Morgan fingerprint density at radius 1 is 1.38 bits per heavy atom. The zero-order chi connectivity index (χ0) is 15.1. The van der Waals surface area contributed by atoms with Gasteiger partial charge >= 0.3 is 0 Å². The van der Waals surface area contributed by atoms with E-state index < -0.39 is 24.0 Å². The fourth-order valence-corrected chi connectivity index (χ4v) is 2.72. The van der Waals surface area contributed by atoms with Crippen molar-refractivity contribution in [2.75, 3.05) is 6.54 Å². The molecule has 1 aliphatic rings. The Morgan fingerprint density at radius 2 is 2.14 bits per heavy atom. The second-order valence-electron chi connectivity index (χ2n) is 5.00. The van der Waals surface area contributed by atoms with Crippen LogP contribution in [0.1, 0.15) is 17.0 Å². The Bertz CT molecular complexity index is 730. The van der Waals surface area contributed by atoms with Crippen LogP contribution in [0.3, 0.4) is 0 Å². The smallest absolute Gasteiger partial charge is 0.290 e. The maximum Gasteiger partial charge on any atom is 0.290 e. The molecule has 1 saturated heterocycles. The van der Waals surface area contributed by atoms with E-state index in [2.05, 4.69) is 0 Å². The number of hydrogen-bond acceptors (Lipinski definition) is 3. The lowest BCUT2D eigenvalue weighted by Crippen LogP contribution is -2.43. The molecule has 1 fully saturated rings. The van der Waals surface area contributed by atoms with Gasteiger partial charge in [0.15, 0.2) is 5.76 Å². The quantitative estimate of drug-likeness (QED) is 0.923. The molecule has 5 nitrogen and oxygen atoms in total. The number of nitrogens with zero attached hydrogens (tertiary/aromatic N) is 1. The van der Waals surface area contributed by atoms with Gasteiger partial charge in [0, 0.05) is 16.8 Å². The molecule has 21 heavy (non-hydrogen) atoms. The molecule has 1 aromatic heterocycles. The molecule has 0 unspecified atom stereocenters. The number of carbonyl (C=O) groups excluding carboxylic acids is 2. The number of amides is 2. The van der Waals surface area contributed by atoms with Crippen molar-refractivity contribution < 1.29 is 18.4 Å². The third-order valence-corrected chi connectivity index (χ3v) is 3.76. The van der Waals surface area contributed by atoms with Crippen LogP contribution in [0.15, 0.2) is 28.7 Å². The summed E-state index contributed by atoms with van der Waals surface area (Å²) in [6.45, 7) is -0.162. The molecular formula is C14H12ClFN2O3. The van der Waals surface area contributed by atoms with Gasteiger partial charge in [-0.15, -0.1) is 0 Å². The van der Waals surface area contributed by atoms with E-state index in [0.717, 1.165) is 4.90 Å². The van der Waals surface area contributed by atoms with Crippen LogP contribution in [0.25, 0.3) is 11.0 Å². The molecule has 2 heterocycles. The van der Waals surface area contributed by atoms with Gasteiger partial charge in [-0.25, -0.2) is 4.39 Å². The molecule has 0 saturated carbocycles. The van der Waals surface area contributed by atoms with Gasteiger partial charge < -0.3 is 15.1 Å². The first-order chi connectivity index (χ1) is 9.95. The molecule has 0 radical (unpaired) electrons. The summed E-state index contributed by atoms with van der Waals surface area (Å²) in [5, 5.41) is 1.18. The normalized spacial score (nSPS) is 21.9. The number of likely N-dealkylation sites (tertiary alicyclic amines) is 1. The van der Waals surface area contributed by atoms with Gasteiger partial charge in [-0.3, -0.25) is 9.59 Å². The minimum absolute atomic E-state index is 0.0348. The highest BCUT2D eigenvalue weighted by atomic mass is 35.5. The summed E-state index contributed by atoms with van der Waals surface area (Å²) in [6, 6.07) is 5.52. The Labute approximate surface area is 124 Å². The van der Waals surface area contributed by atoms with Crippen molar-refractivity contribution in [3.63, 3.8) is 0 Å². The number of alkyl halides is 1. The van der Waals surface area contributed by atoms with Crippen molar-refractivity contribution in [1.29, 1.82) is 0 Å². The predicted molar refractivity (Wildman–Crippen MR) is 74.8 cm³/mol. The molecule has 1 aromatic carbocycles. The summed E-state index contributed by atoms with van der Waals surface area (Å²) in [5.74, 6) is -1.23. The van der Waals surface area contributed by atoms with Crippen LogP contribution in [0, 0.1) is 0 Å². The molecule has 2 amide bonds. The molecule has 3 rings (SSSR count). The number of benzene rings is 1. The predicted octanol–water partition coefficient (Wildman–Crippen LogP) is 2.12. The number of carbonyl (C=O) groups is 2. The van der Waals surface area contributed by atoms with Crippen molar-refractivity contribution in [2.45, 2.75) is 18.6 Å². The van der Waals surface area contributed by atoms with Gasteiger partial charge in [-0.05, 0) is 24.3 Å². The second kappa shape index (κ2) is 5.04. The largest absolute Gasteiger partial charge is 0.451 e. The zero-order valence-electron chi connectivity index (χ0n) is 10.9. The third-order valence-electron chi connectivity index (χ3n) is 3.53. The monoisotopic (exact) mass is 310 g/mol. The van der Waals surface area contributed by atoms with E-state index in [1.165, 1.54) is 6.07 Å². The van der Waals surface area contributed by atoms with Crippen LogP contribution in [-0.2, 0) is 4.79 Å². The third kappa shape index (κ3) is 2.47. The summed E-state index contributed by atoms with van der Waals surface area (Å²) < 4.78 is 18.9. The highest BCUT2D eigenvalue weighted by Gasteiger charge is 2.40. The van der Waals surface area contributed by atoms with Gasteiger partial charge in [0.2, 0.25) is 5.91 Å². The van der Waals surface area contributed by atoms with E-state index in [-0.39, 0.29) is 18.7 Å². The molecule has 2 aromatic rings. The number of hydrogen-bond donors (Lipinski definition) is 1. The van der Waals surface area contributed by atoms with Gasteiger partial charge in [-0.1, -0.05) is 11.6 Å². The first kappa shape index (κ1) is 13.9.